The van der Waals surface area contributed by atoms with Crippen LogP contribution >= 0.6 is 0 Å². The Labute approximate surface area is 160 Å². The minimum atomic E-state index is -0.588. The lowest BCUT2D eigenvalue weighted by molar-refractivity contribution is 0.0526. The van der Waals surface area contributed by atoms with Crippen LogP contribution in [0.5, 0.6) is 11.5 Å². The molecule has 0 aliphatic carbocycles. The normalized spacial score (nSPS) is 10.7. The molecule has 3 rings (SSSR count). The molecule has 9 heteroatoms. The minimum absolute atomic E-state index is 0.0634. The predicted octanol–water partition coefficient (Wildman–Crippen LogP) is 2.07. The van der Waals surface area contributed by atoms with E-state index in [1.54, 1.807) is 32.0 Å². The molecule has 3 aromatic rings. The minimum Gasteiger partial charge on any atom is -0.493 e. The molecule has 0 bridgehead atoms. The maximum absolute atomic E-state index is 12.7. The van der Waals surface area contributed by atoms with Crippen LogP contribution < -0.4 is 20.8 Å². The fourth-order valence-electron chi connectivity index (χ4n) is 3.04. The number of hydrogen-bond acceptors (Lipinski definition) is 8. The molecule has 146 valence electrons. The van der Waals surface area contributed by atoms with E-state index in [1.165, 1.54) is 14.2 Å². The smallest absolute Gasteiger partial charge is 0.340 e. The first-order chi connectivity index (χ1) is 13.4. The third-order valence-electron chi connectivity index (χ3n) is 4.21. The number of carbonyl (C=O) groups excluding carboxylic acids is 1. The van der Waals surface area contributed by atoms with E-state index < -0.39 is 11.5 Å². The number of anilines is 1. The number of ether oxygens (including phenoxy) is 3. The Morgan fingerprint density at radius 2 is 1.89 bits per heavy atom. The second-order valence-electron chi connectivity index (χ2n) is 5.89. The van der Waals surface area contributed by atoms with Crippen LogP contribution in [0.2, 0.25) is 0 Å². The zero-order chi connectivity index (χ0) is 20.4. The highest BCUT2D eigenvalue weighted by atomic mass is 16.5. The molecule has 3 N–H and O–H groups in total. The number of aryl methyl sites for hydroxylation is 1. The van der Waals surface area contributed by atoms with Crippen molar-refractivity contribution < 1.29 is 19.0 Å². The first kappa shape index (κ1) is 19.2. The quantitative estimate of drug-likeness (QED) is 0.640. The molecule has 1 aromatic carbocycles. The van der Waals surface area contributed by atoms with Crippen LogP contribution in [0.3, 0.4) is 0 Å². The molecule has 0 unspecified atom stereocenters. The van der Waals surface area contributed by atoms with Crippen molar-refractivity contribution in [1.29, 1.82) is 0 Å². The molecular formula is C19H20N4O5. The van der Waals surface area contributed by atoms with Gasteiger partial charge in [-0.2, -0.15) is 4.98 Å². The van der Waals surface area contributed by atoms with Crippen molar-refractivity contribution in [3.05, 3.63) is 39.8 Å². The van der Waals surface area contributed by atoms with E-state index in [0.29, 0.717) is 28.3 Å². The van der Waals surface area contributed by atoms with E-state index in [-0.39, 0.29) is 29.2 Å². The molecule has 0 radical (unpaired) electrons. The number of H-pyrrole nitrogens is 1. The van der Waals surface area contributed by atoms with Gasteiger partial charge in [-0.05, 0) is 31.5 Å². The zero-order valence-electron chi connectivity index (χ0n) is 16.0. The number of nitrogen functional groups attached to an aromatic ring is 1. The molecule has 0 spiro atoms. The van der Waals surface area contributed by atoms with Crippen molar-refractivity contribution >= 4 is 23.0 Å². The van der Waals surface area contributed by atoms with Crippen LogP contribution in [0.15, 0.2) is 23.0 Å². The molecule has 0 atom stereocenters. The third-order valence-corrected chi connectivity index (χ3v) is 4.21. The van der Waals surface area contributed by atoms with Crippen LogP contribution in [-0.4, -0.2) is 41.7 Å². The summed E-state index contributed by atoms with van der Waals surface area (Å²) in [5, 5.41) is 0.134. The summed E-state index contributed by atoms with van der Waals surface area (Å²) in [6.07, 6.45) is 0. The average molecular weight is 384 g/mol. The number of nitrogens with one attached hydrogen (secondary N) is 1. The highest BCUT2D eigenvalue weighted by Gasteiger charge is 2.25. The topological polar surface area (TPSA) is 129 Å². The summed E-state index contributed by atoms with van der Waals surface area (Å²) in [6.45, 7) is 3.53. The molecule has 9 nitrogen and oxygen atoms in total. The van der Waals surface area contributed by atoms with Crippen LogP contribution in [0.4, 0.5) is 5.95 Å². The SMILES string of the molecule is CCOC(=O)c1c(C)nc2nc(N)[nH]c(=O)c2c1-c1ccc(OC)c(OC)c1. The van der Waals surface area contributed by atoms with Gasteiger partial charge in [0.2, 0.25) is 5.95 Å². The van der Waals surface area contributed by atoms with Crippen molar-refractivity contribution in [3.63, 3.8) is 0 Å². The number of nitrogens with two attached hydrogens (primary N) is 1. The van der Waals surface area contributed by atoms with Crippen molar-refractivity contribution in [2.24, 2.45) is 0 Å². The second-order valence-corrected chi connectivity index (χ2v) is 5.89. The number of pyridine rings is 1. The van der Waals surface area contributed by atoms with Gasteiger partial charge in [0.1, 0.15) is 0 Å². The van der Waals surface area contributed by atoms with Crippen LogP contribution in [0.25, 0.3) is 22.2 Å². The molecule has 0 fully saturated rings. The molecule has 0 saturated heterocycles. The monoisotopic (exact) mass is 384 g/mol. The van der Waals surface area contributed by atoms with Gasteiger partial charge < -0.3 is 19.9 Å². The van der Waals surface area contributed by atoms with E-state index in [1.807, 2.05) is 0 Å². The first-order valence-corrected chi connectivity index (χ1v) is 8.50. The number of nitrogens with zero attached hydrogens (tertiary/aromatic N) is 2. The lowest BCUT2D eigenvalue weighted by Crippen LogP contribution is -2.17. The number of fused-ring (bicyclic) bond motifs is 1. The largest absolute Gasteiger partial charge is 0.493 e. The fourth-order valence-corrected chi connectivity index (χ4v) is 3.04. The second kappa shape index (κ2) is 7.55. The van der Waals surface area contributed by atoms with E-state index in [2.05, 4.69) is 15.0 Å². The molecule has 2 heterocycles. The molecule has 0 aliphatic rings. The van der Waals surface area contributed by atoms with Gasteiger partial charge in [0.25, 0.3) is 5.56 Å². The van der Waals surface area contributed by atoms with Crippen LogP contribution in [-0.2, 0) is 4.74 Å². The van der Waals surface area contributed by atoms with Gasteiger partial charge in [-0.15, -0.1) is 0 Å². The number of aromatic nitrogens is 3. The van der Waals surface area contributed by atoms with Crippen LogP contribution in [0.1, 0.15) is 23.0 Å². The number of esters is 1. The summed E-state index contributed by atoms with van der Waals surface area (Å²) in [5.41, 5.74) is 6.73. The molecule has 28 heavy (non-hydrogen) atoms. The number of hydrogen-bond donors (Lipinski definition) is 2. The average Bonchev–Trinajstić information content (AvgIpc) is 2.66. The standard InChI is InChI=1S/C19H20N4O5/c1-5-28-18(25)13-9(2)21-16-15(17(24)23-19(20)22-16)14(13)10-6-7-11(26-3)12(8-10)27-4/h6-8H,5H2,1-4H3,(H3,20,21,22,23,24). The first-order valence-electron chi connectivity index (χ1n) is 8.50. The van der Waals surface area contributed by atoms with E-state index in [9.17, 15) is 9.59 Å². The number of benzene rings is 1. The number of methoxy groups -OCH3 is 2. The summed E-state index contributed by atoms with van der Waals surface area (Å²) in [7, 11) is 3.02. The van der Waals surface area contributed by atoms with Gasteiger partial charge in [0.05, 0.1) is 37.5 Å². The van der Waals surface area contributed by atoms with E-state index in [0.717, 1.165) is 0 Å². The van der Waals surface area contributed by atoms with E-state index >= 15 is 0 Å². The van der Waals surface area contributed by atoms with Gasteiger partial charge in [-0.1, -0.05) is 6.07 Å². The lowest BCUT2D eigenvalue weighted by Gasteiger charge is -2.15. The summed E-state index contributed by atoms with van der Waals surface area (Å²) < 4.78 is 15.8. The summed E-state index contributed by atoms with van der Waals surface area (Å²) >= 11 is 0. The number of rotatable bonds is 5. The predicted molar refractivity (Wildman–Crippen MR) is 104 cm³/mol. The van der Waals surface area contributed by atoms with Crippen molar-refractivity contribution in [3.8, 4) is 22.6 Å². The van der Waals surface area contributed by atoms with Crippen molar-refractivity contribution in [2.75, 3.05) is 26.6 Å². The summed E-state index contributed by atoms with van der Waals surface area (Å²) in [6, 6.07) is 5.07. The highest BCUT2D eigenvalue weighted by molar-refractivity contribution is 6.07. The van der Waals surface area contributed by atoms with Gasteiger partial charge in [0, 0.05) is 5.56 Å². The number of aromatic amines is 1. The van der Waals surface area contributed by atoms with Crippen LogP contribution in [0, 0.1) is 6.92 Å². The molecule has 0 aliphatic heterocycles. The maximum atomic E-state index is 12.7. The molecule has 2 aromatic heterocycles. The fraction of sp³-hybridized carbons (Fsp3) is 0.263. The van der Waals surface area contributed by atoms with Gasteiger partial charge in [0.15, 0.2) is 17.1 Å². The Hall–Kier alpha value is -3.62. The Kier molecular flexibility index (Phi) is 5.16. The third kappa shape index (κ3) is 3.22. The summed E-state index contributed by atoms with van der Waals surface area (Å²) in [4.78, 5) is 36.2. The Morgan fingerprint density at radius 1 is 1.18 bits per heavy atom. The lowest BCUT2D eigenvalue weighted by atomic mass is 9.95. The Bertz CT molecular complexity index is 1120. The van der Waals surface area contributed by atoms with E-state index in [4.69, 9.17) is 19.9 Å². The van der Waals surface area contributed by atoms with Gasteiger partial charge in [-0.3, -0.25) is 9.78 Å². The highest BCUT2D eigenvalue weighted by Crippen LogP contribution is 2.37. The van der Waals surface area contributed by atoms with Crippen molar-refractivity contribution in [2.45, 2.75) is 13.8 Å². The van der Waals surface area contributed by atoms with Gasteiger partial charge in [-0.25, -0.2) is 9.78 Å². The maximum Gasteiger partial charge on any atom is 0.340 e. The molecular weight excluding hydrogens is 364 g/mol. The Balaban J connectivity index is 2.46. The number of carbonyl (C=O) groups is 1. The Morgan fingerprint density at radius 3 is 2.54 bits per heavy atom. The molecule has 0 amide bonds. The zero-order valence-corrected chi connectivity index (χ0v) is 16.0. The summed E-state index contributed by atoms with van der Waals surface area (Å²) in [5.74, 6) is 0.300. The van der Waals surface area contributed by atoms with Crippen molar-refractivity contribution in [1.82, 2.24) is 15.0 Å². The molecule has 0 saturated carbocycles. The van der Waals surface area contributed by atoms with Gasteiger partial charge >= 0.3 is 5.97 Å².